The summed E-state index contributed by atoms with van der Waals surface area (Å²) in [6, 6.07) is 6.46. The molecule has 0 aliphatic carbocycles. The summed E-state index contributed by atoms with van der Waals surface area (Å²) in [7, 11) is 0. The fourth-order valence-corrected chi connectivity index (χ4v) is 3.07. The Morgan fingerprint density at radius 1 is 1.21 bits per heavy atom. The van der Waals surface area contributed by atoms with Crippen LogP contribution in [0, 0.1) is 0 Å². The molecule has 1 aromatic carbocycles. The predicted octanol–water partition coefficient (Wildman–Crippen LogP) is 2.64. The molecular formula is C17H22N4O3. The summed E-state index contributed by atoms with van der Waals surface area (Å²) in [5, 5.41) is 10.3. The maximum absolute atomic E-state index is 11.9. The highest BCUT2D eigenvalue weighted by atomic mass is 16.5. The van der Waals surface area contributed by atoms with Crippen molar-refractivity contribution in [2.24, 2.45) is 0 Å². The minimum absolute atomic E-state index is 0.118. The number of benzene rings is 1. The van der Waals surface area contributed by atoms with Gasteiger partial charge in [0.05, 0.1) is 5.52 Å². The van der Waals surface area contributed by atoms with Crippen LogP contribution in [0.5, 0.6) is 0 Å². The number of ether oxygens (including phenoxy) is 1. The van der Waals surface area contributed by atoms with Gasteiger partial charge in [-0.2, -0.15) is 5.10 Å². The zero-order valence-electron chi connectivity index (χ0n) is 13.9. The lowest BCUT2D eigenvalue weighted by molar-refractivity contribution is -0.120. The van der Waals surface area contributed by atoms with Crippen molar-refractivity contribution in [1.29, 1.82) is 0 Å². The number of imide groups is 1. The Morgan fingerprint density at radius 3 is 2.67 bits per heavy atom. The molecule has 2 aliphatic heterocycles. The van der Waals surface area contributed by atoms with Crippen molar-refractivity contribution < 1.29 is 14.3 Å². The van der Waals surface area contributed by atoms with Gasteiger partial charge in [0.2, 0.25) is 0 Å². The van der Waals surface area contributed by atoms with E-state index >= 15 is 0 Å². The summed E-state index contributed by atoms with van der Waals surface area (Å²) in [4.78, 5) is 23.3. The molecule has 3 heterocycles. The molecule has 24 heavy (non-hydrogen) atoms. The maximum atomic E-state index is 11.9. The normalized spacial score (nSPS) is 23.4. The van der Waals surface area contributed by atoms with Crippen LogP contribution >= 0.6 is 0 Å². The van der Waals surface area contributed by atoms with Gasteiger partial charge < -0.3 is 10.1 Å². The topological polar surface area (TPSA) is 85.2 Å². The molecule has 4 rings (SSSR count). The molecule has 2 N–H and O–H groups in total. The first-order chi connectivity index (χ1) is 11.7. The van der Waals surface area contributed by atoms with Gasteiger partial charge in [-0.05, 0) is 25.3 Å². The van der Waals surface area contributed by atoms with Gasteiger partial charge in [-0.1, -0.05) is 32.0 Å². The number of hydrogen-bond donors (Lipinski definition) is 2. The lowest BCUT2D eigenvalue weighted by Crippen LogP contribution is -2.22. The van der Waals surface area contributed by atoms with E-state index in [9.17, 15) is 9.59 Å². The maximum Gasteiger partial charge on any atom is 0.322 e. The van der Waals surface area contributed by atoms with E-state index in [1.165, 1.54) is 0 Å². The molecule has 2 saturated heterocycles. The second-order valence-electron chi connectivity index (χ2n) is 5.56. The molecule has 2 unspecified atom stereocenters. The van der Waals surface area contributed by atoms with Gasteiger partial charge in [0.1, 0.15) is 5.69 Å². The number of aromatic nitrogens is 2. The minimum Gasteiger partial charge on any atom is -0.356 e. The lowest BCUT2D eigenvalue weighted by Gasteiger charge is -2.23. The lowest BCUT2D eigenvalue weighted by atomic mass is 10.1. The summed E-state index contributed by atoms with van der Waals surface area (Å²) >= 11 is 0. The van der Waals surface area contributed by atoms with Crippen molar-refractivity contribution in [2.45, 2.75) is 45.4 Å². The molecule has 3 amide bonds. The zero-order chi connectivity index (χ0) is 17.1. The van der Waals surface area contributed by atoms with E-state index in [1.807, 2.05) is 42.8 Å². The smallest absolute Gasteiger partial charge is 0.322 e. The molecule has 128 valence electrons. The SMILES string of the molecule is CC.O=C1NC(=O)C(c2nn(C3CCCCO3)c3ccccc23)N1. The summed E-state index contributed by atoms with van der Waals surface area (Å²) in [5.74, 6) is -0.370. The molecule has 0 bridgehead atoms. The molecule has 1 aromatic heterocycles. The first-order valence-electron chi connectivity index (χ1n) is 8.44. The van der Waals surface area contributed by atoms with E-state index in [0.717, 1.165) is 36.8 Å². The number of nitrogens with zero attached hydrogens (tertiary/aromatic N) is 2. The Morgan fingerprint density at radius 2 is 2.00 bits per heavy atom. The van der Waals surface area contributed by atoms with Gasteiger partial charge in [-0.25, -0.2) is 9.48 Å². The summed E-state index contributed by atoms with van der Waals surface area (Å²) in [5.41, 5.74) is 1.48. The number of amides is 3. The molecule has 0 spiro atoms. The molecule has 0 saturated carbocycles. The highest BCUT2D eigenvalue weighted by Gasteiger charge is 2.35. The largest absolute Gasteiger partial charge is 0.356 e. The van der Waals surface area contributed by atoms with Gasteiger partial charge in [0, 0.05) is 12.0 Å². The number of para-hydroxylation sites is 1. The summed E-state index contributed by atoms with van der Waals surface area (Å²) in [6.07, 6.45) is 2.93. The third-order valence-corrected chi connectivity index (χ3v) is 4.12. The zero-order valence-corrected chi connectivity index (χ0v) is 13.9. The van der Waals surface area contributed by atoms with Gasteiger partial charge >= 0.3 is 6.03 Å². The van der Waals surface area contributed by atoms with E-state index < -0.39 is 12.1 Å². The Bertz CT molecular complexity index is 749. The van der Waals surface area contributed by atoms with Crippen molar-refractivity contribution in [2.75, 3.05) is 6.61 Å². The number of fused-ring (bicyclic) bond motifs is 1. The standard InChI is InChI=1S/C15H16N4O3.C2H6/c20-14-13(16-15(21)17-14)12-9-5-1-2-6-10(9)19(18-12)11-7-3-4-8-22-11;1-2/h1-2,5-6,11,13H,3-4,7-8H2,(H2,16,17,20,21);1-2H3. The predicted molar refractivity (Wildman–Crippen MR) is 89.3 cm³/mol. The molecule has 2 fully saturated rings. The van der Waals surface area contributed by atoms with Crippen molar-refractivity contribution in [1.82, 2.24) is 20.4 Å². The van der Waals surface area contributed by atoms with Crippen molar-refractivity contribution in [3.8, 4) is 0 Å². The van der Waals surface area contributed by atoms with E-state index in [4.69, 9.17) is 4.74 Å². The third-order valence-electron chi connectivity index (χ3n) is 4.12. The number of carbonyl (C=O) groups is 2. The number of rotatable bonds is 2. The van der Waals surface area contributed by atoms with E-state index in [-0.39, 0.29) is 12.1 Å². The van der Waals surface area contributed by atoms with Gasteiger partial charge in [0.25, 0.3) is 5.91 Å². The number of hydrogen-bond acceptors (Lipinski definition) is 4. The van der Waals surface area contributed by atoms with Gasteiger partial charge in [-0.15, -0.1) is 0 Å². The second-order valence-corrected chi connectivity index (χ2v) is 5.56. The molecule has 7 nitrogen and oxygen atoms in total. The fraction of sp³-hybridized carbons (Fsp3) is 0.471. The van der Waals surface area contributed by atoms with E-state index in [0.29, 0.717) is 5.69 Å². The minimum atomic E-state index is -0.748. The van der Waals surface area contributed by atoms with Crippen LogP contribution < -0.4 is 10.6 Å². The Kier molecular flexibility index (Phi) is 4.80. The summed E-state index contributed by atoms with van der Waals surface area (Å²) in [6.45, 7) is 4.72. The Hall–Kier alpha value is -2.41. The number of urea groups is 1. The summed E-state index contributed by atoms with van der Waals surface area (Å²) < 4.78 is 7.64. The third kappa shape index (κ3) is 2.87. The highest BCUT2D eigenvalue weighted by molar-refractivity contribution is 6.06. The van der Waals surface area contributed by atoms with Crippen molar-refractivity contribution >= 4 is 22.8 Å². The number of nitrogens with one attached hydrogen (secondary N) is 2. The van der Waals surface area contributed by atoms with E-state index in [2.05, 4.69) is 15.7 Å². The average Bonchev–Trinajstić information content (AvgIpc) is 3.17. The first-order valence-corrected chi connectivity index (χ1v) is 8.44. The molecule has 7 heteroatoms. The number of carbonyl (C=O) groups excluding carboxylic acids is 2. The van der Waals surface area contributed by atoms with Crippen LogP contribution in [0.4, 0.5) is 4.79 Å². The van der Waals surface area contributed by atoms with Crippen molar-refractivity contribution in [3.63, 3.8) is 0 Å². The van der Waals surface area contributed by atoms with Crippen molar-refractivity contribution in [3.05, 3.63) is 30.0 Å². The van der Waals surface area contributed by atoms with Gasteiger partial charge in [-0.3, -0.25) is 10.1 Å². The molecule has 2 aromatic rings. The second kappa shape index (κ2) is 7.00. The van der Waals surface area contributed by atoms with Gasteiger partial charge in [0.15, 0.2) is 12.3 Å². The molecule has 0 radical (unpaired) electrons. The quantitative estimate of drug-likeness (QED) is 0.829. The fourth-order valence-electron chi connectivity index (χ4n) is 3.07. The van der Waals surface area contributed by atoms with Crippen LogP contribution in [0.2, 0.25) is 0 Å². The molecule has 2 atom stereocenters. The first kappa shape index (κ1) is 16.4. The Labute approximate surface area is 140 Å². The monoisotopic (exact) mass is 330 g/mol. The van der Waals surface area contributed by atoms with Crippen LogP contribution in [0.3, 0.4) is 0 Å². The van der Waals surface area contributed by atoms with Crippen LogP contribution in [0.1, 0.15) is 51.1 Å². The van der Waals surface area contributed by atoms with E-state index in [1.54, 1.807) is 0 Å². The van der Waals surface area contributed by atoms with Crippen LogP contribution in [-0.2, 0) is 9.53 Å². The van der Waals surface area contributed by atoms with Crippen LogP contribution in [0.25, 0.3) is 10.9 Å². The van der Waals surface area contributed by atoms with Crippen LogP contribution in [0.15, 0.2) is 24.3 Å². The molecule has 2 aliphatic rings. The molecular weight excluding hydrogens is 308 g/mol. The highest BCUT2D eigenvalue weighted by Crippen LogP contribution is 2.31. The Balaban J connectivity index is 0.000000815. The average molecular weight is 330 g/mol. The van der Waals surface area contributed by atoms with Crippen LogP contribution in [-0.4, -0.2) is 28.3 Å².